The molecule has 0 spiro atoms. The van der Waals surface area contributed by atoms with Crippen molar-refractivity contribution in [2.75, 3.05) is 18.4 Å². The van der Waals surface area contributed by atoms with Crippen molar-refractivity contribution in [3.8, 4) is 23.5 Å². The van der Waals surface area contributed by atoms with Crippen molar-refractivity contribution >= 4 is 11.8 Å². The fraction of sp³-hybridized carbons (Fsp3) is 0.294. The van der Waals surface area contributed by atoms with Crippen molar-refractivity contribution in [3.05, 3.63) is 35.9 Å². The fourth-order valence-corrected chi connectivity index (χ4v) is 2.76. The van der Waals surface area contributed by atoms with Crippen molar-refractivity contribution < 1.29 is 9.32 Å². The summed E-state index contributed by atoms with van der Waals surface area (Å²) in [7, 11) is 0. The SMILES string of the molecule is N#Cc1cccc(-c2cc(NC(=O)C[C@H]3CCN(C#N)C3)on2)c1. The van der Waals surface area contributed by atoms with Crippen LogP contribution in [0.25, 0.3) is 11.3 Å². The van der Waals surface area contributed by atoms with Gasteiger partial charge in [0.25, 0.3) is 0 Å². The van der Waals surface area contributed by atoms with Crippen LogP contribution in [0.4, 0.5) is 5.88 Å². The highest BCUT2D eigenvalue weighted by Gasteiger charge is 2.24. The molecule has 1 atom stereocenters. The topological polar surface area (TPSA) is 106 Å². The van der Waals surface area contributed by atoms with Crippen molar-refractivity contribution in [3.63, 3.8) is 0 Å². The van der Waals surface area contributed by atoms with E-state index in [-0.39, 0.29) is 17.7 Å². The lowest BCUT2D eigenvalue weighted by atomic mass is 10.0. The summed E-state index contributed by atoms with van der Waals surface area (Å²) >= 11 is 0. The summed E-state index contributed by atoms with van der Waals surface area (Å²) in [6.07, 6.45) is 3.28. The Bertz CT molecular complexity index is 830. The van der Waals surface area contributed by atoms with Crippen LogP contribution in [0.2, 0.25) is 0 Å². The maximum atomic E-state index is 12.1. The van der Waals surface area contributed by atoms with Crippen LogP contribution in [0.15, 0.2) is 34.9 Å². The Balaban J connectivity index is 1.61. The lowest BCUT2D eigenvalue weighted by Crippen LogP contribution is -2.19. The second-order valence-corrected chi connectivity index (χ2v) is 5.72. The summed E-state index contributed by atoms with van der Waals surface area (Å²) < 4.78 is 5.14. The molecule has 7 heteroatoms. The monoisotopic (exact) mass is 321 g/mol. The Morgan fingerprint density at radius 2 is 2.29 bits per heavy atom. The van der Waals surface area contributed by atoms with E-state index in [0.29, 0.717) is 30.8 Å². The number of carbonyl (C=O) groups is 1. The first kappa shape index (κ1) is 15.6. The van der Waals surface area contributed by atoms with Crippen LogP contribution in [0, 0.1) is 28.7 Å². The Kier molecular flexibility index (Phi) is 4.44. The third-order valence-corrected chi connectivity index (χ3v) is 3.96. The molecule has 2 heterocycles. The van der Waals surface area contributed by atoms with Gasteiger partial charge in [-0.3, -0.25) is 10.1 Å². The molecule has 0 radical (unpaired) electrons. The number of amides is 1. The van der Waals surface area contributed by atoms with Crippen LogP contribution in [0.5, 0.6) is 0 Å². The van der Waals surface area contributed by atoms with E-state index in [0.717, 1.165) is 12.0 Å². The average molecular weight is 321 g/mol. The van der Waals surface area contributed by atoms with Crippen LogP contribution in [-0.4, -0.2) is 29.1 Å². The van der Waals surface area contributed by atoms with Crippen LogP contribution in [-0.2, 0) is 4.79 Å². The Morgan fingerprint density at radius 3 is 3.04 bits per heavy atom. The molecule has 1 amide bonds. The third-order valence-electron chi connectivity index (χ3n) is 3.96. The molecule has 120 valence electrons. The summed E-state index contributed by atoms with van der Waals surface area (Å²) in [6, 6.07) is 10.7. The van der Waals surface area contributed by atoms with E-state index >= 15 is 0 Å². The number of aromatic nitrogens is 1. The first-order valence-electron chi connectivity index (χ1n) is 7.59. The van der Waals surface area contributed by atoms with Crippen molar-refractivity contribution in [2.45, 2.75) is 12.8 Å². The van der Waals surface area contributed by atoms with E-state index in [9.17, 15) is 4.79 Å². The largest absolute Gasteiger partial charge is 0.338 e. The molecule has 0 bridgehead atoms. The minimum atomic E-state index is -0.159. The van der Waals surface area contributed by atoms with Gasteiger partial charge in [-0.15, -0.1) is 0 Å². The normalized spacial score (nSPS) is 16.4. The molecule has 0 saturated carbocycles. The molecule has 2 aromatic rings. The highest BCUT2D eigenvalue weighted by Crippen LogP contribution is 2.24. The number of nitriles is 2. The van der Waals surface area contributed by atoms with Gasteiger partial charge in [-0.25, -0.2) is 0 Å². The van der Waals surface area contributed by atoms with Gasteiger partial charge in [-0.2, -0.15) is 10.5 Å². The van der Waals surface area contributed by atoms with Gasteiger partial charge in [0.05, 0.1) is 11.6 Å². The summed E-state index contributed by atoms with van der Waals surface area (Å²) in [5, 5.41) is 24.4. The van der Waals surface area contributed by atoms with Gasteiger partial charge in [-0.05, 0) is 24.5 Å². The fourth-order valence-electron chi connectivity index (χ4n) is 2.76. The Labute approximate surface area is 139 Å². The lowest BCUT2D eigenvalue weighted by Gasteiger charge is -2.08. The summed E-state index contributed by atoms with van der Waals surface area (Å²) in [6.45, 7) is 1.32. The molecule has 24 heavy (non-hydrogen) atoms. The van der Waals surface area contributed by atoms with Crippen LogP contribution in [0.3, 0.4) is 0 Å². The predicted molar refractivity (Wildman–Crippen MR) is 85.2 cm³/mol. The van der Waals surface area contributed by atoms with Crippen LogP contribution < -0.4 is 5.32 Å². The number of carbonyl (C=O) groups excluding carboxylic acids is 1. The first-order valence-corrected chi connectivity index (χ1v) is 7.59. The van der Waals surface area contributed by atoms with Gasteiger partial charge in [0, 0.05) is 31.1 Å². The molecule has 0 aliphatic carbocycles. The van der Waals surface area contributed by atoms with Crippen molar-refractivity contribution in [1.82, 2.24) is 10.1 Å². The van der Waals surface area contributed by atoms with Crippen molar-refractivity contribution in [1.29, 1.82) is 10.5 Å². The maximum absolute atomic E-state index is 12.1. The number of benzene rings is 1. The maximum Gasteiger partial charge on any atom is 0.231 e. The van der Waals surface area contributed by atoms with Crippen LogP contribution in [0.1, 0.15) is 18.4 Å². The van der Waals surface area contributed by atoms with Gasteiger partial charge in [0.2, 0.25) is 11.8 Å². The molecule has 1 aliphatic heterocycles. The summed E-state index contributed by atoms with van der Waals surface area (Å²) in [4.78, 5) is 13.7. The molecule has 1 saturated heterocycles. The van der Waals surface area contributed by atoms with E-state index in [1.807, 2.05) is 6.07 Å². The zero-order valence-electron chi connectivity index (χ0n) is 12.9. The van der Waals surface area contributed by atoms with Gasteiger partial charge >= 0.3 is 0 Å². The molecule has 1 aromatic heterocycles. The number of nitrogens with zero attached hydrogens (tertiary/aromatic N) is 4. The molecule has 1 aliphatic rings. The van der Waals surface area contributed by atoms with E-state index in [2.05, 4.69) is 22.7 Å². The highest BCUT2D eigenvalue weighted by atomic mass is 16.5. The zero-order valence-corrected chi connectivity index (χ0v) is 12.9. The number of hydrogen-bond donors (Lipinski definition) is 1. The molecular weight excluding hydrogens is 306 g/mol. The Hall–Kier alpha value is -3.32. The number of anilines is 1. The summed E-state index contributed by atoms with van der Waals surface area (Å²) in [5.74, 6) is 0.292. The van der Waals surface area contributed by atoms with Gasteiger partial charge in [0.15, 0.2) is 6.19 Å². The predicted octanol–water partition coefficient (Wildman–Crippen LogP) is 2.34. The average Bonchev–Trinajstić information content (AvgIpc) is 3.24. The van der Waals surface area contributed by atoms with Gasteiger partial charge < -0.3 is 9.42 Å². The first-order chi connectivity index (χ1) is 11.7. The quantitative estimate of drug-likeness (QED) is 0.866. The smallest absolute Gasteiger partial charge is 0.231 e. The Morgan fingerprint density at radius 1 is 1.42 bits per heavy atom. The van der Waals surface area contributed by atoms with Crippen LogP contribution >= 0.6 is 0 Å². The number of rotatable bonds is 4. The van der Waals surface area contributed by atoms with Crippen molar-refractivity contribution in [2.24, 2.45) is 5.92 Å². The van der Waals surface area contributed by atoms with E-state index in [1.165, 1.54) is 0 Å². The molecule has 7 nitrogen and oxygen atoms in total. The number of likely N-dealkylation sites (tertiary alicyclic amines) is 1. The number of nitrogens with one attached hydrogen (secondary N) is 1. The molecule has 0 unspecified atom stereocenters. The standard InChI is InChI=1S/C17H15N5O2/c18-9-12-2-1-3-14(6-12)15-8-17(24-21-15)20-16(23)7-13-4-5-22(10-13)11-19/h1-3,6,8,13H,4-5,7,10H2,(H,20,23)/t13-/m1/s1. The second-order valence-electron chi connectivity index (χ2n) is 5.72. The highest BCUT2D eigenvalue weighted by molar-refractivity contribution is 5.90. The van der Waals surface area contributed by atoms with Gasteiger partial charge in [0.1, 0.15) is 5.69 Å². The van der Waals surface area contributed by atoms with E-state index in [1.54, 1.807) is 29.2 Å². The molecule has 1 N–H and O–H groups in total. The molecule has 1 fully saturated rings. The zero-order chi connectivity index (χ0) is 16.9. The lowest BCUT2D eigenvalue weighted by molar-refractivity contribution is -0.117. The molecular formula is C17H15N5O2. The second kappa shape index (κ2) is 6.84. The number of hydrogen-bond acceptors (Lipinski definition) is 6. The van der Waals surface area contributed by atoms with E-state index < -0.39 is 0 Å². The minimum absolute atomic E-state index is 0.159. The van der Waals surface area contributed by atoms with E-state index in [4.69, 9.17) is 15.0 Å². The summed E-state index contributed by atoms with van der Waals surface area (Å²) in [5.41, 5.74) is 1.84. The minimum Gasteiger partial charge on any atom is -0.338 e. The molecule has 1 aromatic carbocycles. The third kappa shape index (κ3) is 3.53. The molecule has 3 rings (SSSR count). The van der Waals surface area contributed by atoms with Gasteiger partial charge in [-0.1, -0.05) is 17.3 Å².